The van der Waals surface area contributed by atoms with Gasteiger partial charge in [-0.15, -0.1) is 0 Å². The van der Waals surface area contributed by atoms with Crippen LogP contribution in [-0.2, 0) is 19.7 Å². The van der Waals surface area contributed by atoms with E-state index in [9.17, 15) is 13.2 Å². The quantitative estimate of drug-likeness (QED) is 0.721. The predicted octanol–water partition coefficient (Wildman–Crippen LogP) is 0.139. The van der Waals surface area contributed by atoms with E-state index in [1.54, 1.807) is 0 Å². The molecule has 0 aromatic heterocycles. The SMILES string of the molecule is CCOC1CCN(S(=O)(=O)N(C)CCC(=O)O)CC1. The van der Waals surface area contributed by atoms with E-state index < -0.39 is 16.2 Å². The van der Waals surface area contributed by atoms with Crippen molar-refractivity contribution in [2.24, 2.45) is 0 Å². The molecule has 1 N–H and O–H groups in total. The van der Waals surface area contributed by atoms with Gasteiger partial charge in [-0.25, -0.2) is 0 Å². The summed E-state index contributed by atoms with van der Waals surface area (Å²) in [6.45, 7) is 3.39. The zero-order chi connectivity index (χ0) is 14.5. The molecule has 0 saturated carbocycles. The zero-order valence-corrected chi connectivity index (χ0v) is 12.2. The van der Waals surface area contributed by atoms with E-state index in [2.05, 4.69) is 0 Å². The number of carboxylic acids is 1. The fourth-order valence-corrected chi connectivity index (χ4v) is 3.42. The van der Waals surface area contributed by atoms with Gasteiger partial charge in [0.05, 0.1) is 12.5 Å². The van der Waals surface area contributed by atoms with Gasteiger partial charge in [-0.2, -0.15) is 17.0 Å². The van der Waals surface area contributed by atoms with Crippen molar-refractivity contribution in [3.63, 3.8) is 0 Å². The lowest BCUT2D eigenvalue weighted by Crippen LogP contribution is -2.47. The maximum absolute atomic E-state index is 12.2. The molecule has 0 aromatic rings. The van der Waals surface area contributed by atoms with Crippen LogP contribution in [0.25, 0.3) is 0 Å². The topological polar surface area (TPSA) is 87.2 Å². The molecule has 8 heteroatoms. The Kier molecular flexibility index (Phi) is 6.18. The van der Waals surface area contributed by atoms with Crippen LogP contribution in [0, 0.1) is 0 Å². The summed E-state index contributed by atoms with van der Waals surface area (Å²) in [5.74, 6) is -1.00. The Morgan fingerprint density at radius 3 is 2.47 bits per heavy atom. The van der Waals surface area contributed by atoms with Gasteiger partial charge < -0.3 is 9.84 Å². The molecule has 0 aromatic carbocycles. The number of carbonyl (C=O) groups is 1. The minimum absolute atomic E-state index is 0.0109. The van der Waals surface area contributed by atoms with Crippen molar-refractivity contribution in [1.29, 1.82) is 0 Å². The molecule has 0 spiro atoms. The highest BCUT2D eigenvalue weighted by atomic mass is 32.2. The highest BCUT2D eigenvalue weighted by Gasteiger charge is 2.31. The van der Waals surface area contributed by atoms with Gasteiger partial charge in [0.2, 0.25) is 0 Å². The molecule has 0 atom stereocenters. The molecule has 1 aliphatic rings. The number of ether oxygens (including phenoxy) is 1. The van der Waals surface area contributed by atoms with Crippen molar-refractivity contribution in [3.8, 4) is 0 Å². The first kappa shape index (κ1) is 16.4. The zero-order valence-electron chi connectivity index (χ0n) is 11.4. The molecule has 19 heavy (non-hydrogen) atoms. The smallest absolute Gasteiger partial charge is 0.304 e. The first-order valence-corrected chi connectivity index (χ1v) is 7.82. The lowest BCUT2D eigenvalue weighted by Gasteiger charge is -2.33. The molecule has 0 unspecified atom stereocenters. The van der Waals surface area contributed by atoms with Gasteiger partial charge >= 0.3 is 5.97 Å². The molecule has 7 nitrogen and oxygen atoms in total. The van der Waals surface area contributed by atoms with E-state index >= 15 is 0 Å². The van der Waals surface area contributed by atoms with Crippen molar-refractivity contribution < 1.29 is 23.1 Å². The summed E-state index contributed by atoms with van der Waals surface area (Å²) >= 11 is 0. The van der Waals surface area contributed by atoms with Gasteiger partial charge in [-0.3, -0.25) is 4.79 Å². The minimum atomic E-state index is -3.55. The fraction of sp³-hybridized carbons (Fsp3) is 0.909. The molecule has 0 radical (unpaired) electrons. The van der Waals surface area contributed by atoms with Crippen molar-refractivity contribution in [2.45, 2.75) is 32.3 Å². The lowest BCUT2D eigenvalue weighted by atomic mass is 10.1. The molecule has 0 amide bonds. The van der Waals surface area contributed by atoms with Crippen molar-refractivity contribution in [2.75, 3.05) is 33.3 Å². The normalized spacial score (nSPS) is 18.9. The van der Waals surface area contributed by atoms with Crippen molar-refractivity contribution in [1.82, 2.24) is 8.61 Å². The Labute approximate surface area is 114 Å². The second kappa shape index (κ2) is 7.18. The summed E-state index contributed by atoms with van der Waals surface area (Å²) in [4.78, 5) is 10.5. The molecule has 1 aliphatic heterocycles. The highest BCUT2D eigenvalue weighted by Crippen LogP contribution is 2.18. The largest absolute Gasteiger partial charge is 0.481 e. The van der Waals surface area contributed by atoms with Crippen molar-refractivity contribution >= 4 is 16.2 Å². The minimum Gasteiger partial charge on any atom is -0.481 e. The third-order valence-corrected chi connectivity index (χ3v) is 5.15. The van der Waals surface area contributed by atoms with E-state index in [1.807, 2.05) is 6.92 Å². The van der Waals surface area contributed by atoms with Crippen LogP contribution in [0.3, 0.4) is 0 Å². The fourth-order valence-electron chi connectivity index (χ4n) is 2.03. The second-order valence-corrected chi connectivity index (χ2v) is 6.56. The summed E-state index contributed by atoms with van der Waals surface area (Å²) in [7, 11) is -2.14. The molecule has 112 valence electrons. The number of piperidine rings is 1. The van der Waals surface area contributed by atoms with E-state index in [4.69, 9.17) is 9.84 Å². The number of aliphatic carboxylic acids is 1. The van der Waals surface area contributed by atoms with Gasteiger partial charge in [0.1, 0.15) is 0 Å². The summed E-state index contributed by atoms with van der Waals surface area (Å²) in [6.07, 6.45) is 1.30. The molecule has 0 bridgehead atoms. The van der Waals surface area contributed by atoms with E-state index in [1.165, 1.54) is 11.4 Å². The third-order valence-electron chi connectivity index (χ3n) is 3.16. The van der Waals surface area contributed by atoms with E-state index in [-0.39, 0.29) is 19.1 Å². The molecule has 1 fully saturated rings. The summed E-state index contributed by atoms with van der Waals surface area (Å²) in [5, 5.41) is 8.58. The number of hydrogen-bond acceptors (Lipinski definition) is 4. The average Bonchev–Trinajstić information content (AvgIpc) is 2.36. The number of hydrogen-bond donors (Lipinski definition) is 1. The summed E-state index contributed by atoms with van der Waals surface area (Å²) in [5.41, 5.74) is 0. The van der Waals surface area contributed by atoms with Crippen LogP contribution in [0.1, 0.15) is 26.2 Å². The number of rotatable bonds is 7. The number of nitrogens with zero attached hydrogens (tertiary/aromatic N) is 2. The van der Waals surface area contributed by atoms with Gasteiger partial charge in [0.15, 0.2) is 0 Å². The standard InChI is InChI=1S/C11H22N2O5S/c1-3-18-10-4-8-13(9-5-10)19(16,17)12(2)7-6-11(14)15/h10H,3-9H2,1-2H3,(H,14,15). The van der Waals surface area contributed by atoms with Crippen LogP contribution in [0.5, 0.6) is 0 Å². The van der Waals surface area contributed by atoms with Crippen molar-refractivity contribution in [3.05, 3.63) is 0 Å². The molecule has 1 heterocycles. The lowest BCUT2D eigenvalue weighted by molar-refractivity contribution is -0.137. The molecular weight excluding hydrogens is 272 g/mol. The van der Waals surface area contributed by atoms with Gasteiger partial charge in [0, 0.05) is 33.3 Å². The molecule has 0 aliphatic carbocycles. The maximum Gasteiger partial charge on any atom is 0.304 e. The van der Waals surface area contributed by atoms with Gasteiger partial charge in [0.25, 0.3) is 10.2 Å². The van der Waals surface area contributed by atoms with Crippen LogP contribution in [0.4, 0.5) is 0 Å². The molecule has 1 rings (SSSR count). The van der Waals surface area contributed by atoms with Gasteiger partial charge in [-0.05, 0) is 19.8 Å². The van der Waals surface area contributed by atoms with E-state index in [0.717, 1.165) is 4.31 Å². The van der Waals surface area contributed by atoms with Crippen LogP contribution >= 0.6 is 0 Å². The second-order valence-electron chi connectivity index (χ2n) is 4.53. The maximum atomic E-state index is 12.2. The summed E-state index contributed by atoms with van der Waals surface area (Å²) < 4.78 is 32.3. The Morgan fingerprint density at radius 1 is 1.42 bits per heavy atom. The average molecular weight is 294 g/mol. The predicted molar refractivity (Wildman–Crippen MR) is 70.0 cm³/mol. The van der Waals surface area contributed by atoms with E-state index in [0.29, 0.717) is 32.5 Å². The highest BCUT2D eigenvalue weighted by molar-refractivity contribution is 7.86. The van der Waals surface area contributed by atoms with Gasteiger partial charge in [-0.1, -0.05) is 0 Å². The molecule has 1 saturated heterocycles. The number of carboxylic acid groups (broad SMARTS) is 1. The van der Waals surface area contributed by atoms with Crippen LogP contribution < -0.4 is 0 Å². The Bertz CT molecular complexity index is 390. The van der Waals surface area contributed by atoms with Crippen LogP contribution in [-0.4, -0.2) is 67.5 Å². The Morgan fingerprint density at radius 2 is 2.00 bits per heavy atom. The first-order valence-electron chi connectivity index (χ1n) is 6.42. The summed E-state index contributed by atoms with van der Waals surface area (Å²) in [6, 6.07) is 0. The Hall–Kier alpha value is -0.700. The first-order chi connectivity index (χ1) is 8.87. The van der Waals surface area contributed by atoms with Crippen LogP contribution in [0.2, 0.25) is 0 Å². The Balaban J connectivity index is 2.52. The van der Waals surface area contributed by atoms with Crippen LogP contribution in [0.15, 0.2) is 0 Å². The third kappa shape index (κ3) is 4.72. The molecular formula is C11H22N2O5S. The monoisotopic (exact) mass is 294 g/mol.